The highest BCUT2D eigenvalue weighted by Crippen LogP contribution is 2.30. The first-order valence-corrected chi connectivity index (χ1v) is 8.78. The number of aryl methyl sites for hydroxylation is 2. The van der Waals surface area contributed by atoms with E-state index < -0.39 is 17.5 Å². The predicted molar refractivity (Wildman–Crippen MR) is 101 cm³/mol. The Bertz CT molecular complexity index is 1220. The summed E-state index contributed by atoms with van der Waals surface area (Å²) in [6.45, 7) is 5.03. The quantitative estimate of drug-likeness (QED) is 0.546. The van der Waals surface area contributed by atoms with Crippen molar-refractivity contribution < 1.29 is 18.3 Å². The lowest BCUT2D eigenvalue weighted by Crippen LogP contribution is -2.33. The third-order valence-electron chi connectivity index (χ3n) is 4.23. The summed E-state index contributed by atoms with van der Waals surface area (Å²) < 4.78 is 16.8. The number of hydrogen-bond donors (Lipinski definition) is 1. The van der Waals surface area contributed by atoms with Crippen LogP contribution in [0.1, 0.15) is 24.4 Å². The molecule has 0 fully saturated rings. The van der Waals surface area contributed by atoms with Crippen molar-refractivity contribution in [2.24, 2.45) is 0 Å². The lowest BCUT2D eigenvalue weighted by Gasteiger charge is -2.15. The Morgan fingerprint density at radius 3 is 2.59 bits per heavy atom. The number of anilines is 1. The molecule has 4 rings (SSSR count). The zero-order chi connectivity index (χ0) is 20.5. The number of hydrogen-bond acceptors (Lipinski definition) is 8. The molecule has 0 radical (unpaired) electrons. The molecule has 0 aliphatic rings. The summed E-state index contributed by atoms with van der Waals surface area (Å²) >= 11 is 0. The summed E-state index contributed by atoms with van der Waals surface area (Å²) in [6.07, 6.45) is 1.49. The monoisotopic (exact) mass is 395 g/mol. The molecule has 4 heterocycles. The largest absolute Gasteiger partial charge is 0.463 e. The number of amides is 1. The van der Waals surface area contributed by atoms with Crippen molar-refractivity contribution in [1.29, 1.82) is 0 Å². The van der Waals surface area contributed by atoms with Gasteiger partial charge in [-0.25, -0.2) is 4.68 Å². The Labute approximate surface area is 164 Å². The molecule has 0 aromatic carbocycles. The first-order chi connectivity index (χ1) is 13.9. The van der Waals surface area contributed by atoms with E-state index in [1.165, 1.54) is 12.3 Å². The van der Waals surface area contributed by atoms with Gasteiger partial charge in [-0.1, -0.05) is 10.3 Å². The molecule has 0 aliphatic carbocycles. The minimum absolute atomic E-state index is 0.257. The maximum Gasteiger partial charge on any atom is 0.268 e. The summed E-state index contributed by atoms with van der Waals surface area (Å²) in [5.41, 5.74) is 0.942. The van der Waals surface area contributed by atoms with Crippen molar-refractivity contribution in [1.82, 2.24) is 20.1 Å². The molecule has 1 amide bonds. The number of nitrogens with one attached hydrogen (secondary N) is 1. The van der Waals surface area contributed by atoms with Gasteiger partial charge in [-0.2, -0.15) is 5.10 Å². The van der Waals surface area contributed by atoms with Gasteiger partial charge in [0.15, 0.2) is 17.3 Å². The molecular weight excluding hydrogens is 378 g/mol. The molecule has 0 bridgehead atoms. The van der Waals surface area contributed by atoms with Gasteiger partial charge in [0.1, 0.15) is 17.5 Å². The summed E-state index contributed by atoms with van der Waals surface area (Å²) in [7, 11) is 0. The zero-order valence-corrected chi connectivity index (χ0v) is 15.9. The van der Waals surface area contributed by atoms with Gasteiger partial charge < -0.3 is 18.8 Å². The second-order valence-electron chi connectivity index (χ2n) is 6.49. The van der Waals surface area contributed by atoms with Crippen LogP contribution in [-0.2, 0) is 4.79 Å². The Morgan fingerprint density at radius 1 is 1.14 bits per heavy atom. The number of carbonyl (C=O) groups excluding carboxylic acids is 1. The van der Waals surface area contributed by atoms with E-state index in [9.17, 15) is 9.59 Å². The first-order valence-electron chi connectivity index (χ1n) is 8.78. The van der Waals surface area contributed by atoms with Gasteiger partial charge in [-0.05, 0) is 32.9 Å². The average molecular weight is 395 g/mol. The van der Waals surface area contributed by atoms with Gasteiger partial charge >= 0.3 is 0 Å². The topological polar surface area (TPSA) is 129 Å². The fourth-order valence-corrected chi connectivity index (χ4v) is 2.79. The number of rotatable bonds is 5. The average Bonchev–Trinajstić information content (AvgIpc) is 3.44. The molecule has 29 heavy (non-hydrogen) atoms. The van der Waals surface area contributed by atoms with Gasteiger partial charge in [0.2, 0.25) is 5.91 Å². The molecule has 0 aliphatic heterocycles. The molecule has 4 aromatic heterocycles. The van der Waals surface area contributed by atoms with E-state index in [4.69, 9.17) is 13.5 Å². The summed E-state index contributed by atoms with van der Waals surface area (Å²) in [5, 5.41) is 14.6. The van der Waals surface area contributed by atoms with Gasteiger partial charge in [0.25, 0.3) is 5.56 Å². The predicted octanol–water partition coefficient (Wildman–Crippen LogP) is 2.96. The maximum atomic E-state index is 12.7. The lowest BCUT2D eigenvalue weighted by atomic mass is 10.1. The van der Waals surface area contributed by atoms with Crippen molar-refractivity contribution in [3.8, 4) is 22.8 Å². The Morgan fingerprint density at radius 2 is 1.97 bits per heavy atom. The van der Waals surface area contributed by atoms with Crippen LogP contribution in [-0.4, -0.2) is 26.0 Å². The molecule has 1 atom stereocenters. The number of furan rings is 1. The smallest absolute Gasteiger partial charge is 0.268 e. The Kier molecular flexibility index (Phi) is 4.59. The van der Waals surface area contributed by atoms with Crippen molar-refractivity contribution in [2.45, 2.75) is 26.8 Å². The SMILES string of the molecule is Cc1cc(-c2cc(=O)n([C@@H](C)C(=O)Nc3cc(C)on3)nc2-c2ccco2)on1. The maximum absolute atomic E-state index is 12.7. The molecule has 10 heteroatoms. The van der Waals surface area contributed by atoms with E-state index in [-0.39, 0.29) is 5.82 Å². The number of carbonyl (C=O) groups is 1. The van der Waals surface area contributed by atoms with Crippen LogP contribution in [0.25, 0.3) is 22.8 Å². The highest BCUT2D eigenvalue weighted by Gasteiger charge is 2.23. The number of aromatic nitrogens is 4. The highest BCUT2D eigenvalue weighted by atomic mass is 16.5. The van der Waals surface area contributed by atoms with Crippen LogP contribution in [0.3, 0.4) is 0 Å². The molecule has 0 saturated carbocycles. The lowest BCUT2D eigenvalue weighted by molar-refractivity contribution is -0.119. The summed E-state index contributed by atoms with van der Waals surface area (Å²) in [6, 6.07) is 7.09. The van der Waals surface area contributed by atoms with Crippen LogP contribution in [0.15, 0.2) is 54.9 Å². The molecular formula is C19H17N5O5. The first kappa shape index (κ1) is 18.4. The van der Waals surface area contributed by atoms with Gasteiger partial charge in [-0.15, -0.1) is 0 Å². The molecule has 4 aromatic rings. The van der Waals surface area contributed by atoms with Crippen LogP contribution in [0, 0.1) is 13.8 Å². The van der Waals surface area contributed by atoms with Crippen molar-refractivity contribution in [3.63, 3.8) is 0 Å². The third-order valence-corrected chi connectivity index (χ3v) is 4.23. The van der Waals surface area contributed by atoms with Crippen molar-refractivity contribution >= 4 is 11.7 Å². The Balaban J connectivity index is 1.75. The minimum Gasteiger partial charge on any atom is -0.463 e. The van der Waals surface area contributed by atoms with E-state index in [0.717, 1.165) is 4.68 Å². The van der Waals surface area contributed by atoms with E-state index in [2.05, 4.69) is 20.7 Å². The van der Waals surface area contributed by atoms with E-state index >= 15 is 0 Å². The van der Waals surface area contributed by atoms with Crippen LogP contribution in [0.5, 0.6) is 0 Å². The fourth-order valence-electron chi connectivity index (χ4n) is 2.79. The standard InChI is InChI=1S/C19H17N5O5/c1-10-7-15(29-22-10)13-9-17(25)24(21-18(13)14-5-4-6-27-14)12(3)19(26)20-16-8-11(2)28-23-16/h4-9,12H,1-3H3,(H,20,23,26)/t12-/m0/s1. The normalized spacial score (nSPS) is 12.1. The fraction of sp³-hybridized carbons (Fsp3) is 0.211. The van der Waals surface area contributed by atoms with Crippen LogP contribution >= 0.6 is 0 Å². The molecule has 1 N–H and O–H groups in total. The van der Waals surface area contributed by atoms with Gasteiger partial charge in [-0.3, -0.25) is 9.59 Å². The zero-order valence-electron chi connectivity index (χ0n) is 15.9. The van der Waals surface area contributed by atoms with Crippen LogP contribution < -0.4 is 10.9 Å². The van der Waals surface area contributed by atoms with Crippen LogP contribution in [0.2, 0.25) is 0 Å². The van der Waals surface area contributed by atoms with E-state index in [0.29, 0.717) is 34.2 Å². The second-order valence-corrected chi connectivity index (χ2v) is 6.49. The third kappa shape index (κ3) is 3.59. The van der Waals surface area contributed by atoms with E-state index in [1.807, 2.05) is 0 Å². The second kappa shape index (κ2) is 7.23. The Hall–Kier alpha value is -3.95. The minimum atomic E-state index is -0.918. The van der Waals surface area contributed by atoms with E-state index in [1.54, 1.807) is 45.0 Å². The molecule has 148 valence electrons. The van der Waals surface area contributed by atoms with Gasteiger partial charge in [0.05, 0.1) is 17.5 Å². The van der Waals surface area contributed by atoms with Crippen molar-refractivity contribution in [2.75, 3.05) is 5.32 Å². The summed E-state index contributed by atoms with van der Waals surface area (Å²) in [5.74, 6) is 1.13. The molecule has 10 nitrogen and oxygen atoms in total. The molecule has 0 saturated heterocycles. The molecule has 0 unspecified atom stereocenters. The number of nitrogens with zero attached hydrogens (tertiary/aromatic N) is 4. The highest BCUT2D eigenvalue weighted by molar-refractivity contribution is 5.92. The van der Waals surface area contributed by atoms with Crippen LogP contribution in [0.4, 0.5) is 5.82 Å². The molecule has 0 spiro atoms. The van der Waals surface area contributed by atoms with Crippen molar-refractivity contribution in [3.05, 3.63) is 58.4 Å². The summed E-state index contributed by atoms with van der Waals surface area (Å²) in [4.78, 5) is 25.3. The van der Waals surface area contributed by atoms with Gasteiger partial charge in [0, 0.05) is 18.2 Å².